The summed E-state index contributed by atoms with van der Waals surface area (Å²) in [6.07, 6.45) is 4.21. The van der Waals surface area contributed by atoms with Crippen molar-refractivity contribution in [1.29, 1.82) is 0 Å². The molecule has 1 aromatic carbocycles. The summed E-state index contributed by atoms with van der Waals surface area (Å²) >= 11 is 0. The average molecular weight is 261 g/mol. The molecule has 2 bridgehead atoms. The Morgan fingerprint density at radius 1 is 1.26 bits per heavy atom. The molecule has 0 amide bonds. The van der Waals surface area contributed by atoms with Gasteiger partial charge in [0.25, 0.3) is 0 Å². The van der Waals surface area contributed by atoms with Crippen LogP contribution in [0.5, 0.6) is 5.75 Å². The lowest BCUT2D eigenvalue weighted by Crippen LogP contribution is -2.43. The van der Waals surface area contributed by atoms with Crippen molar-refractivity contribution in [3.8, 4) is 5.75 Å². The molecule has 2 atom stereocenters. The van der Waals surface area contributed by atoms with Crippen LogP contribution in [-0.4, -0.2) is 41.2 Å². The van der Waals surface area contributed by atoms with Gasteiger partial charge in [-0.3, -0.25) is 0 Å². The number of fused-ring (bicyclic) bond motifs is 2. The number of aromatic hydroxyl groups is 1. The molecule has 1 aromatic rings. The number of para-hydroxylation sites is 1. The minimum atomic E-state index is -0.410. The van der Waals surface area contributed by atoms with E-state index in [-0.39, 0.29) is 17.4 Å². The fourth-order valence-electron chi connectivity index (χ4n) is 3.32. The number of phenols is 1. The van der Waals surface area contributed by atoms with E-state index in [1.807, 2.05) is 0 Å². The number of carbonyl (C=O) groups is 1. The van der Waals surface area contributed by atoms with Crippen LogP contribution in [0.15, 0.2) is 24.3 Å². The third-order valence-electron chi connectivity index (χ3n) is 4.45. The smallest absolute Gasteiger partial charge is 0.342 e. The second-order valence-electron chi connectivity index (χ2n) is 5.57. The third kappa shape index (κ3) is 2.32. The molecule has 0 aromatic heterocycles. The van der Waals surface area contributed by atoms with Gasteiger partial charge in [0.2, 0.25) is 0 Å². The van der Waals surface area contributed by atoms with E-state index < -0.39 is 5.97 Å². The zero-order valence-corrected chi connectivity index (χ0v) is 11.1. The van der Waals surface area contributed by atoms with E-state index in [0.717, 1.165) is 12.8 Å². The first-order chi connectivity index (χ1) is 9.15. The molecule has 19 heavy (non-hydrogen) atoms. The molecule has 1 N–H and O–H groups in total. The summed E-state index contributed by atoms with van der Waals surface area (Å²) in [4.78, 5) is 14.5. The lowest BCUT2D eigenvalue weighted by atomic mass is 10.0. The number of piperidine rings is 1. The first-order valence-corrected chi connectivity index (χ1v) is 6.86. The Morgan fingerprint density at radius 2 is 1.89 bits per heavy atom. The molecule has 2 aliphatic rings. The fourth-order valence-corrected chi connectivity index (χ4v) is 3.32. The van der Waals surface area contributed by atoms with Gasteiger partial charge >= 0.3 is 5.97 Å². The highest BCUT2D eigenvalue weighted by molar-refractivity contribution is 5.92. The number of carbonyl (C=O) groups excluding carboxylic acids is 1. The maximum absolute atomic E-state index is 12.1. The molecule has 2 saturated heterocycles. The van der Waals surface area contributed by atoms with Gasteiger partial charge < -0.3 is 14.7 Å². The Bertz CT molecular complexity index is 474. The van der Waals surface area contributed by atoms with Crippen molar-refractivity contribution in [3.05, 3.63) is 29.8 Å². The summed E-state index contributed by atoms with van der Waals surface area (Å²) in [6.45, 7) is 0. The van der Waals surface area contributed by atoms with E-state index in [9.17, 15) is 9.90 Å². The van der Waals surface area contributed by atoms with Crippen molar-refractivity contribution in [2.24, 2.45) is 0 Å². The maximum atomic E-state index is 12.1. The van der Waals surface area contributed by atoms with Gasteiger partial charge in [0.1, 0.15) is 17.4 Å². The van der Waals surface area contributed by atoms with Crippen molar-refractivity contribution in [1.82, 2.24) is 4.90 Å². The molecule has 4 heteroatoms. The molecule has 2 aliphatic heterocycles. The Kier molecular flexibility index (Phi) is 3.19. The molecule has 2 heterocycles. The molecule has 0 radical (unpaired) electrons. The largest absolute Gasteiger partial charge is 0.507 e. The van der Waals surface area contributed by atoms with E-state index in [0.29, 0.717) is 12.1 Å². The lowest BCUT2D eigenvalue weighted by Gasteiger charge is -2.35. The summed E-state index contributed by atoms with van der Waals surface area (Å²) < 4.78 is 5.56. The Balaban J connectivity index is 1.67. The van der Waals surface area contributed by atoms with Gasteiger partial charge in [-0.2, -0.15) is 0 Å². The van der Waals surface area contributed by atoms with Gasteiger partial charge in [-0.05, 0) is 32.0 Å². The van der Waals surface area contributed by atoms with E-state index in [1.165, 1.54) is 18.9 Å². The Hall–Kier alpha value is -1.55. The molecular formula is C15H19NO3. The molecule has 0 aliphatic carbocycles. The number of rotatable bonds is 2. The van der Waals surface area contributed by atoms with Crippen LogP contribution < -0.4 is 0 Å². The zero-order chi connectivity index (χ0) is 13.4. The van der Waals surface area contributed by atoms with Gasteiger partial charge in [0.15, 0.2) is 0 Å². The van der Waals surface area contributed by atoms with Crippen LogP contribution in [0.2, 0.25) is 0 Å². The van der Waals surface area contributed by atoms with Gasteiger partial charge in [-0.25, -0.2) is 4.79 Å². The molecule has 2 unspecified atom stereocenters. The SMILES string of the molecule is CN1C2CCC1CC(OC(=O)c1ccccc1O)C2. The number of nitrogens with zero attached hydrogens (tertiary/aromatic N) is 1. The molecule has 0 spiro atoms. The van der Waals surface area contributed by atoms with Crippen molar-refractivity contribution in [2.45, 2.75) is 43.9 Å². The number of hydrogen-bond donors (Lipinski definition) is 1. The predicted molar refractivity (Wildman–Crippen MR) is 71.1 cm³/mol. The van der Waals surface area contributed by atoms with Crippen molar-refractivity contribution >= 4 is 5.97 Å². The topological polar surface area (TPSA) is 49.8 Å². The van der Waals surface area contributed by atoms with Crippen LogP contribution >= 0.6 is 0 Å². The van der Waals surface area contributed by atoms with Crippen LogP contribution in [-0.2, 0) is 4.74 Å². The number of esters is 1. The van der Waals surface area contributed by atoms with E-state index >= 15 is 0 Å². The molecule has 4 nitrogen and oxygen atoms in total. The fraction of sp³-hybridized carbons (Fsp3) is 0.533. The highest BCUT2D eigenvalue weighted by Crippen LogP contribution is 2.35. The van der Waals surface area contributed by atoms with Crippen molar-refractivity contribution in [3.63, 3.8) is 0 Å². The maximum Gasteiger partial charge on any atom is 0.342 e. The highest BCUT2D eigenvalue weighted by Gasteiger charge is 2.40. The van der Waals surface area contributed by atoms with E-state index in [1.54, 1.807) is 18.2 Å². The van der Waals surface area contributed by atoms with Crippen LogP contribution in [0.3, 0.4) is 0 Å². The number of phenolic OH excluding ortho intramolecular Hbond substituents is 1. The zero-order valence-electron chi connectivity index (χ0n) is 11.1. The van der Waals surface area contributed by atoms with Crippen molar-refractivity contribution in [2.75, 3.05) is 7.05 Å². The molecule has 102 valence electrons. The number of ether oxygens (including phenoxy) is 1. The lowest BCUT2D eigenvalue weighted by molar-refractivity contribution is -0.000663. The standard InChI is InChI=1S/C15H19NO3/c1-16-10-6-7-11(16)9-12(8-10)19-15(18)13-4-2-3-5-14(13)17/h2-5,10-12,17H,6-9H2,1H3. The monoisotopic (exact) mass is 261 g/mol. The van der Waals surface area contributed by atoms with Gasteiger partial charge in [0.05, 0.1) is 0 Å². The van der Waals surface area contributed by atoms with Crippen LogP contribution in [0.25, 0.3) is 0 Å². The quantitative estimate of drug-likeness (QED) is 0.829. The highest BCUT2D eigenvalue weighted by atomic mass is 16.5. The number of hydrogen-bond acceptors (Lipinski definition) is 4. The van der Waals surface area contributed by atoms with Gasteiger partial charge in [-0.15, -0.1) is 0 Å². The van der Waals surface area contributed by atoms with E-state index in [2.05, 4.69) is 11.9 Å². The van der Waals surface area contributed by atoms with Crippen LogP contribution in [0.1, 0.15) is 36.0 Å². The van der Waals surface area contributed by atoms with Crippen LogP contribution in [0.4, 0.5) is 0 Å². The summed E-state index contributed by atoms with van der Waals surface area (Å²) in [5.41, 5.74) is 0.258. The summed E-state index contributed by atoms with van der Waals surface area (Å²) in [5.74, 6) is -0.421. The second kappa shape index (κ2) is 4.85. The normalized spacial score (nSPS) is 30.3. The second-order valence-corrected chi connectivity index (χ2v) is 5.57. The average Bonchev–Trinajstić information content (AvgIpc) is 2.63. The molecule has 3 rings (SSSR count). The summed E-state index contributed by atoms with van der Waals surface area (Å²) in [6, 6.07) is 7.62. The summed E-state index contributed by atoms with van der Waals surface area (Å²) in [5, 5.41) is 9.66. The molecular weight excluding hydrogens is 242 g/mol. The minimum absolute atomic E-state index is 0.0107. The van der Waals surface area contributed by atoms with Crippen molar-refractivity contribution < 1.29 is 14.6 Å². The first kappa shape index (κ1) is 12.5. The van der Waals surface area contributed by atoms with E-state index in [4.69, 9.17) is 4.74 Å². The summed E-state index contributed by atoms with van der Waals surface area (Å²) in [7, 11) is 2.16. The number of benzene rings is 1. The molecule has 2 fully saturated rings. The minimum Gasteiger partial charge on any atom is -0.507 e. The first-order valence-electron chi connectivity index (χ1n) is 6.86. The molecule has 0 saturated carbocycles. The van der Waals surface area contributed by atoms with Gasteiger partial charge in [-0.1, -0.05) is 12.1 Å². The Labute approximate surface area is 113 Å². The predicted octanol–water partition coefficient (Wildman–Crippen LogP) is 2.17. The van der Waals surface area contributed by atoms with Crippen LogP contribution in [0, 0.1) is 0 Å². The Morgan fingerprint density at radius 3 is 2.53 bits per heavy atom. The third-order valence-corrected chi connectivity index (χ3v) is 4.45. The van der Waals surface area contributed by atoms with Gasteiger partial charge in [0, 0.05) is 24.9 Å².